The summed E-state index contributed by atoms with van der Waals surface area (Å²) in [7, 11) is 0. The van der Waals surface area contributed by atoms with Crippen LogP contribution in [-0.2, 0) is 20.9 Å². The van der Waals surface area contributed by atoms with Crippen molar-refractivity contribution >= 4 is 5.97 Å². The summed E-state index contributed by atoms with van der Waals surface area (Å²) in [5.41, 5.74) is 0.975. The molecule has 0 radical (unpaired) electrons. The lowest BCUT2D eigenvalue weighted by Gasteiger charge is -2.31. The molecular formula is C21H23F3N2O3. The van der Waals surface area contributed by atoms with Crippen molar-refractivity contribution in [3.63, 3.8) is 0 Å². The van der Waals surface area contributed by atoms with Gasteiger partial charge in [-0.05, 0) is 25.0 Å². The molecule has 2 aromatic carbocycles. The third kappa shape index (κ3) is 5.14. The summed E-state index contributed by atoms with van der Waals surface area (Å²) in [4.78, 5) is 11.6. The molecular weight excluding hydrogens is 385 g/mol. The van der Waals surface area contributed by atoms with Crippen LogP contribution in [0.3, 0.4) is 0 Å². The highest BCUT2D eigenvalue weighted by molar-refractivity contribution is 5.76. The van der Waals surface area contributed by atoms with Crippen molar-refractivity contribution in [2.45, 2.75) is 44.1 Å². The smallest absolute Gasteiger partial charge is 0.421 e. The van der Waals surface area contributed by atoms with Crippen LogP contribution in [-0.4, -0.2) is 30.1 Å². The average molecular weight is 408 g/mol. The normalized spacial score (nSPS) is 23.7. The van der Waals surface area contributed by atoms with Crippen molar-refractivity contribution in [1.82, 2.24) is 10.6 Å². The Balaban J connectivity index is 1.82. The third-order valence-electron chi connectivity index (χ3n) is 4.67. The Bertz CT molecular complexity index is 828. The lowest BCUT2D eigenvalue weighted by atomic mass is 9.91. The molecule has 0 saturated carbocycles. The minimum Gasteiger partial charge on any atom is -0.421 e. The molecule has 0 amide bonds. The van der Waals surface area contributed by atoms with Crippen LogP contribution in [0, 0.1) is 0 Å². The molecule has 0 spiro atoms. The van der Waals surface area contributed by atoms with Crippen molar-refractivity contribution in [2.75, 3.05) is 6.61 Å². The molecule has 0 aromatic heterocycles. The molecule has 29 heavy (non-hydrogen) atoms. The minimum atomic E-state index is -5.12. The van der Waals surface area contributed by atoms with Gasteiger partial charge in [-0.15, -0.1) is 0 Å². The van der Waals surface area contributed by atoms with E-state index in [1.807, 2.05) is 74.5 Å². The molecule has 2 N–H and O–H groups in total. The Hall–Kier alpha value is -2.42. The number of ether oxygens (including phenoxy) is 2. The van der Waals surface area contributed by atoms with Crippen LogP contribution in [0.25, 0.3) is 0 Å². The zero-order valence-electron chi connectivity index (χ0n) is 16.1. The molecule has 156 valence electrons. The Labute approximate surface area is 167 Å². The van der Waals surface area contributed by atoms with Gasteiger partial charge in [0.1, 0.15) is 6.61 Å². The van der Waals surface area contributed by atoms with Gasteiger partial charge in [0.05, 0.1) is 12.6 Å². The summed E-state index contributed by atoms with van der Waals surface area (Å²) in [5.74, 6) is -4.11. The van der Waals surface area contributed by atoms with Crippen molar-refractivity contribution in [3.05, 3.63) is 71.8 Å². The van der Waals surface area contributed by atoms with E-state index in [-0.39, 0.29) is 13.2 Å². The molecule has 0 aliphatic carbocycles. The van der Waals surface area contributed by atoms with E-state index < -0.39 is 29.6 Å². The van der Waals surface area contributed by atoms with Crippen LogP contribution in [0.1, 0.15) is 31.0 Å². The predicted molar refractivity (Wildman–Crippen MR) is 101 cm³/mol. The standard InChI is InChI=1S/C21H23F3N2O3/c1-19(2)17(16-11-7-4-8-12-16)25-20(26-19,29-18(27)21(22,23)24)14-28-13-15-9-5-3-6-10-15/h3-12,17,25-26H,13-14H2,1-2H3. The van der Waals surface area contributed by atoms with E-state index in [1.165, 1.54) is 0 Å². The number of halogens is 3. The van der Waals surface area contributed by atoms with Crippen molar-refractivity contribution in [2.24, 2.45) is 0 Å². The molecule has 2 unspecified atom stereocenters. The fourth-order valence-corrected chi connectivity index (χ4v) is 3.45. The van der Waals surface area contributed by atoms with E-state index in [9.17, 15) is 18.0 Å². The van der Waals surface area contributed by atoms with Gasteiger partial charge in [0.15, 0.2) is 0 Å². The van der Waals surface area contributed by atoms with E-state index in [4.69, 9.17) is 9.47 Å². The summed E-state index contributed by atoms with van der Waals surface area (Å²) in [5, 5.41) is 6.02. The fraction of sp³-hybridized carbons (Fsp3) is 0.381. The van der Waals surface area contributed by atoms with E-state index >= 15 is 0 Å². The van der Waals surface area contributed by atoms with Crippen molar-refractivity contribution < 1.29 is 27.4 Å². The number of hydrogen-bond donors (Lipinski definition) is 2. The molecule has 0 bridgehead atoms. The molecule has 1 aliphatic heterocycles. The first-order valence-electron chi connectivity index (χ1n) is 9.15. The first kappa shape index (κ1) is 21.3. The summed E-state index contributed by atoms with van der Waals surface area (Å²) < 4.78 is 49.2. The van der Waals surface area contributed by atoms with Gasteiger partial charge in [-0.2, -0.15) is 13.2 Å². The molecule has 1 heterocycles. The van der Waals surface area contributed by atoms with Crippen molar-refractivity contribution in [3.8, 4) is 0 Å². The van der Waals surface area contributed by atoms with E-state index in [1.54, 1.807) is 0 Å². The molecule has 2 atom stereocenters. The van der Waals surface area contributed by atoms with Crippen LogP contribution in [0.5, 0.6) is 0 Å². The number of nitrogens with one attached hydrogen (secondary N) is 2. The fourth-order valence-electron chi connectivity index (χ4n) is 3.45. The van der Waals surface area contributed by atoms with Gasteiger partial charge < -0.3 is 9.47 Å². The number of hydrogen-bond acceptors (Lipinski definition) is 5. The maximum Gasteiger partial charge on any atom is 0.491 e. The van der Waals surface area contributed by atoms with Crippen molar-refractivity contribution in [1.29, 1.82) is 0 Å². The highest BCUT2D eigenvalue weighted by atomic mass is 19.4. The summed E-state index contributed by atoms with van der Waals surface area (Å²) in [6, 6.07) is 18.0. The summed E-state index contributed by atoms with van der Waals surface area (Å²) >= 11 is 0. The molecule has 1 saturated heterocycles. The molecule has 1 aliphatic rings. The second-order valence-electron chi connectivity index (χ2n) is 7.53. The average Bonchev–Trinajstić information content (AvgIpc) is 2.93. The van der Waals surface area contributed by atoms with E-state index in [2.05, 4.69) is 10.6 Å². The minimum absolute atomic E-state index is 0.159. The largest absolute Gasteiger partial charge is 0.491 e. The van der Waals surface area contributed by atoms with Gasteiger partial charge >= 0.3 is 12.1 Å². The number of esters is 1. The van der Waals surface area contributed by atoms with E-state index in [0.29, 0.717) is 0 Å². The van der Waals surface area contributed by atoms with Crippen LogP contribution in [0.15, 0.2) is 60.7 Å². The first-order valence-corrected chi connectivity index (χ1v) is 9.15. The zero-order valence-corrected chi connectivity index (χ0v) is 16.1. The number of benzene rings is 2. The Morgan fingerprint density at radius 2 is 1.62 bits per heavy atom. The number of carbonyl (C=O) groups excluding carboxylic acids is 1. The lowest BCUT2D eigenvalue weighted by molar-refractivity contribution is -0.224. The zero-order chi connectivity index (χ0) is 21.1. The Kier molecular flexibility index (Phi) is 5.97. The van der Waals surface area contributed by atoms with E-state index in [0.717, 1.165) is 11.1 Å². The maximum absolute atomic E-state index is 12.9. The highest BCUT2D eigenvalue weighted by Crippen LogP contribution is 2.36. The Morgan fingerprint density at radius 3 is 2.21 bits per heavy atom. The van der Waals surface area contributed by atoms with Gasteiger partial charge in [-0.1, -0.05) is 60.7 Å². The first-order chi connectivity index (χ1) is 13.6. The second-order valence-corrected chi connectivity index (χ2v) is 7.53. The molecule has 8 heteroatoms. The Morgan fingerprint density at radius 1 is 1.03 bits per heavy atom. The molecule has 2 aromatic rings. The molecule has 3 rings (SSSR count). The summed E-state index contributed by atoms with van der Waals surface area (Å²) in [6.45, 7) is 3.48. The van der Waals surface area contributed by atoms with Gasteiger partial charge in [0.2, 0.25) is 5.85 Å². The quantitative estimate of drug-likeness (QED) is 0.715. The molecule has 1 fully saturated rings. The monoisotopic (exact) mass is 408 g/mol. The van der Waals surface area contributed by atoms with Crippen LogP contribution in [0.2, 0.25) is 0 Å². The second kappa shape index (κ2) is 8.14. The van der Waals surface area contributed by atoms with Crippen LogP contribution >= 0.6 is 0 Å². The van der Waals surface area contributed by atoms with Crippen LogP contribution in [0.4, 0.5) is 13.2 Å². The number of rotatable bonds is 6. The van der Waals surface area contributed by atoms with Crippen LogP contribution < -0.4 is 10.6 Å². The number of alkyl halides is 3. The van der Waals surface area contributed by atoms with Gasteiger partial charge in [-0.3, -0.25) is 10.6 Å². The summed E-state index contributed by atoms with van der Waals surface area (Å²) in [6.07, 6.45) is -5.12. The maximum atomic E-state index is 12.9. The highest BCUT2D eigenvalue weighted by Gasteiger charge is 2.55. The lowest BCUT2D eigenvalue weighted by Crippen LogP contribution is -2.59. The topological polar surface area (TPSA) is 59.6 Å². The molecule has 5 nitrogen and oxygen atoms in total. The SMILES string of the molecule is CC1(C)NC(COCc2ccccc2)(OC(=O)C(F)(F)F)NC1c1ccccc1. The van der Waals surface area contributed by atoms with Gasteiger partial charge in [-0.25, -0.2) is 4.79 Å². The third-order valence-corrected chi connectivity index (χ3v) is 4.67. The number of carbonyl (C=O) groups is 1. The van der Waals surface area contributed by atoms with Gasteiger partial charge in [0, 0.05) is 5.54 Å². The predicted octanol–water partition coefficient (Wildman–Crippen LogP) is 3.68. The van der Waals surface area contributed by atoms with Gasteiger partial charge in [0.25, 0.3) is 0 Å².